The molecule has 2 aromatic rings. The molecule has 0 radical (unpaired) electrons. The molecular weight excluding hydrogens is 275 g/mol. The topological polar surface area (TPSA) is 29.1 Å². The van der Waals surface area contributed by atoms with Gasteiger partial charge in [-0.25, -0.2) is 0 Å². The zero-order valence-corrected chi connectivity index (χ0v) is 10.5. The Morgan fingerprint density at radius 1 is 1.11 bits per heavy atom. The molecule has 1 unspecified atom stereocenters. The zero-order chi connectivity index (χ0) is 13.9. The van der Waals surface area contributed by atoms with Gasteiger partial charge in [-0.1, -0.05) is 36.4 Å². The van der Waals surface area contributed by atoms with Crippen molar-refractivity contribution in [1.82, 2.24) is 5.32 Å². The molecule has 1 heterocycles. The van der Waals surface area contributed by atoms with Crippen LogP contribution in [-0.2, 0) is 4.79 Å². The number of rotatable bonds is 3. The number of benzene rings is 1. The molecule has 1 N–H and O–H groups in total. The second-order valence-electron chi connectivity index (χ2n) is 3.83. The van der Waals surface area contributed by atoms with Gasteiger partial charge in [-0.2, -0.15) is 13.2 Å². The summed E-state index contributed by atoms with van der Waals surface area (Å²) in [5.74, 6) is -1.94. The summed E-state index contributed by atoms with van der Waals surface area (Å²) in [6, 6.07) is 11.2. The molecule has 0 aliphatic rings. The molecule has 0 saturated carbocycles. The summed E-state index contributed by atoms with van der Waals surface area (Å²) >= 11 is 1.30. The van der Waals surface area contributed by atoms with E-state index in [-0.39, 0.29) is 0 Å². The maximum absolute atomic E-state index is 12.4. The van der Waals surface area contributed by atoms with E-state index < -0.39 is 18.1 Å². The highest BCUT2D eigenvalue weighted by Crippen LogP contribution is 2.27. The minimum Gasteiger partial charge on any atom is -0.337 e. The third-order valence-corrected chi connectivity index (χ3v) is 3.43. The van der Waals surface area contributed by atoms with Crippen LogP contribution in [0.5, 0.6) is 0 Å². The maximum atomic E-state index is 12.4. The Hall–Kier alpha value is -1.82. The molecule has 6 heteroatoms. The average molecular weight is 285 g/mol. The van der Waals surface area contributed by atoms with Crippen LogP contribution >= 0.6 is 11.3 Å². The normalized spacial score (nSPS) is 13.0. The number of carbonyl (C=O) groups excluding carboxylic acids is 1. The molecular formula is C13H10F3NOS. The highest BCUT2D eigenvalue weighted by molar-refractivity contribution is 7.10. The van der Waals surface area contributed by atoms with Crippen LogP contribution in [0.15, 0.2) is 47.8 Å². The van der Waals surface area contributed by atoms with Crippen LogP contribution in [0.4, 0.5) is 13.2 Å². The van der Waals surface area contributed by atoms with Gasteiger partial charge >= 0.3 is 12.1 Å². The minimum absolute atomic E-state index is 0.613. The average Bonchev–Trinajstić information content (AvgIpc) is 2.89. The van der Waals surface area contributed by atoms with Crippen molar-refractivity contribution in [3.63, 3.8) is 0 Å². The summed E-state index contributed by atoms with van der Waals surface area (Å²) < 4.78 is 37.1. The Morgan fingerprint density at radius 3 is 2.32 bits per heavy atom. The van der Waals surface area contributed by atoms with Crippen molar-refractivity contribution in [3.8, 4) is 0 Å². The second kappa shape index (κ2) is 5.44. The van der Waals surface area contributed by atoms with E-state index in [1.54, 1.807) is 47.8 Å². The number of amides is 1. The predicted molar refractivity (Wildman–Crippen MR) is 66.8 cm³/mol. The molecule has 0 aliphatic heterocycles. The highest BCUT2D eigenvalue weighted by atomic mass is 32.1. The fourth-order valence-electron chi connectivity index (χ4n) is 1.63. The van der Waals surface area contributed by atoms with Crippen molar-refractivity contribution < 1.29 is 18.0 Å². The fourth-order valence-corrected chi connectivity index (χ4v) is 2.44. The van der Waals surface area contributed by atoms with Crippen LogP contribution < -0.4 is 5.32 Å². The Labute approximate surface area is 111 Å². The van der Waals surface area contributed by atoms with Crippen LogP contribution in [0, 0.1) is 0 Å². The van der Waals surface area contributed by atoms with Gasteiger partial charge in [0.25, 0.3) is 0 Å². The summed E-state index contributed by atoms with van der Waals surface area (Å²) in [6.45, 7) is 0. The first-order valence-electron chi connectivity index (χ1n) is 5.44. The zero-order valence-electron chi connectivity index (χ0n) is 9.65. The van der Waals surface area contributed by atoms with Crippen LogP contribution in [-0.4, -0.2) is 12.1 Å². The van der Waals surface area contributed by atoms with E-state index in [9.17, 15) is 18.0 Å². The lowest BCUT2D eigenvalue weighted by Gasteiger charge is -2.18. The number of halogens is 3. The summed E-state index contributed by atoms with van der Waals surface area (Å²) in [5, 5.41) is 3.78. The van der Waals surface area contributed by atoms with Gasteiger partial charge in [-0.3, -0.25) is 4.79 Å². The highest BCUT2D eigenvalue weighted by Gasteiger charge is 2.40. The van der Waals surface area contributed by atoms with Crippen molar-refractivity contribution in [2.75, 3.05) is 0 Å². The number of thiophene rings is 1. The lowest BCUT2D eigenvalue weighted by atomic mass is 10.1. The van der Waals surface area contributed by atoms with Crippen LogP contribution in [0.25, 0.3) is 0 Å². The molecule has 1 amide bonds. The molecule has 0 aliphatic carbocycles. The molecule has 0 bridgehead atoms. The fraction of sp³-hybridized carbons (Fsp3) is 0.154. The summed E-state index contributed by atoms with van der Waals surface area (Å²) in [7, 11) is 0. The van der Waals surface area contributed by atoms with E-state index in [4.69, 9.17) is 0 Å². The molecule has 100 valence electrons. The SMILES string of the molecule is O=C(NC(c1ccccc1)c1cccs1)C(F)(F)F. The summed E-state index contributed by atoms with van der Waals surface area (Å²) in [6.07, 6.45) is -4.88. The van der Waals surface area contributed by atoms with E-state index >= 15 is 0 Å². The van der Waals surface area contributed by atoms with Crippen LogP contribution in [0.1, 0.15) is 16.5 Å². The minimum atomic E-state index is -4.88. The van der Waals surface area contributed by atoms with E-state index in [1.165, 1.54) is 11.3 Å². The number of alkyl halides is 3. The first-order chi connectivity index (χ1) is 8.98. The molecule has 2 nitrogen and oxygen atoms in total. The molecule has 0 spiro atoms. The van der Waals surface area contributed by atoms with Crippen molar-refractivity contribution in [3.05, 3.63) is 58.3 Å². The van der Waals surface area contributed by atoms with Gasteiger partial charge in [0.15, 0.2) is 0 Å². The summed E-state index contributed by atoms with van der Waals surface area (Å²) in [4.78, 5) is 11.8. The molecule has 0 fully saturated rings. The molecule has 2 rings (SSSR count). The monoisotopic (exact) mass is 285 g/mol. The van der Waals surface area contributed by atoms with Gasteiger partial charge in [-0.05, 0) is 17.0 Å². The number of hydrogen-bond acceptors (Lipinski definition) is 2. The van der Waals surface area contributed by atoms with Crippen LogP contribution in [0.2, 0.25) is 0 Å². The third kappa shape index (κ3) is 3.35. The standard InChI is InChI=1S/C13H10F3NOS/c14-13(15,16)12(18)17-11(10-7-4-8-19-10)9-5-2-1-3-6-9/h1-8,11H,(H,17,18). The summed E-state index contributed by atoms with van der Waals surface area (Å²) in [5.41, 5.74) is 0.613. The molecule has 0 saturated heterocycles. The maximum Gasteiger partial charge on any atom is 0.471 e. The Balaban J connectivity index is 2.29. The lowest BCUT2D eigenvalue weighted by Crippen LogP contribution is -2.39. The largest absolute Gasteiger partial charge is 0.471 e. The molecule has 19 heavy (non-hydrogen) atoms. The van der Waals surface area contributed by atoms with E-state index in [0.717, 1.165) is 0 Å². The lowest BCUT2D eigenvalue weighted by molar-refractivity contribution is -0.174. The molecule has 1 aromatic heterocycles. The Kier molecular flexibility index (Phi) is 3.90. The van der Waals surface area contributed by atoms with Gasteiger partial charge in [0, 0.05) is 4.88 Å². The van der Waals surface area contributed by atoms with Gasteiger partial charge < -0.3 is 5.32 Å². The molecule has 1 atom stereocenters. The van der Waals surface area contributed by atoms with Gasteiger partial charge in [0.05, 0.1) is 6.04 Å². The number of nitrogens with one attached hydrogen (secondary N) is 1. The van der Waals surface area contributed by atoms with Crippen molar-refractivity contribution in [2.45, 2.75) is 12.2 Å². The third-order valence-electron chi connectivity index (χ3n) is 2.49. The second-order valence-corrected chi connectivity index (χ2v) is 4.81. The van der Waals surface area contributed by atoms with Gasteiger partial charge in [0.1, 0.15) is 0 Å². The van der Waals surface area contributed by atoms with E-state index in [2.05, 4.69) is 0 Å². The van der Waals surface area contributed by atoms with Gasteiger partial charge in [0.2, 0.25) is 0 Å². The first kappa shape index (κ1) is 13.6. The molecule has 1 aromatic carbocycles. The van der Waals surface area contributed by atoms with E-state index in [0.29, 0.717) is 10.4 Å². The Bertz CT molecular complexity index is 537. The van der Waals surface area contributed by atoms with Gasteiger partial charge in [-0.15, -0.1) is 11.3 Å². The van der Waals surface area contributed by atoms with Crippen LogP contribution in [0.3, 0.4) is 0 Å². The van der Waals surface area contributed by atoms with Crippen molar-refractivity contribution in [2.24, 2.45) is 0 Å². The number of hydrogen-bond donors (Lipinski definition) is 1. The van der Waals surface area contributed by atoms with Crippen molar-refractivity contribution in [1.29, 1.82) is 0 Å². The number of carbonyl (C=O) groups is 1. The predicted octanol–water partition coefficient (Wildman–Crippen LogP) is 3.52. The Morgan fingerprint density at radius 2 is 1.79 bits per heavy atom. The van der Waals surface area contributed by atoms with E-state index in [1.807, 2.05) is 5.32 Å². The quantitative estimate of drug-likeness (QED) is 0.918. The smallest absolute Gasteiger partial charge is 0.337 e. The van der Waals surface area contributed by atoms with Crippen molar-refractivity contribution >= 4 is 17.2 Å². The first-order valence-corrected chi connectivity index (χ1v) is 6.32.